The summed E-state index contributed by atoms with van der Waals surface area (Å²) in [6.07, 6.45) is 2.49. The van der Waals surface area contributed by atoms with Crippen molar-refractivity contribution in [2.75, 3.05) is 6.54 Å². The fourth-order valence-corrected chi connectivity index (χ4v) is 1.52. The average molecular weight is 225 g/mol. The number of aromatic nitrogens is 2. The zero-order chi connectivity index (χ0) is 12.1. The first-order valence-electron chi connectivity index (χ1n) is 5.88. The molecule has 92 valence electrons. The van der Waals surface area contributed by atoms with Crippen LogP contribution in [0.3, 0.4) is 0 Å². The maximum Gasteiger partial charge on any atom is 0.0575 e. The van der Waals surface area contributed by atoms with Crippen molar-refractivity contribution in [1.82, 2.24) is 15.1 Å². The maximum atomic E-state index is 9.63. The molecule has 4 nitrogen and oxygen atoms in total. The van der Waals surface area contributed by atoms with Gasteiger partial charge in [-0.2, -0.15) is 5.10 Å². The van der Waals surface area contributed by atoms with Gasteiger partial charge in [-0.05, 0) is 25.8 Å². The lowest BCUT2D eigenvalue weighted by atomic mass is 10.0. The van der Waals surface area contributed by atoms with E-state index in [4.69, 9.17) is 0 Å². The first-order chi connectivity index (χ1) is 7.52. The number of aliphatic hydroxyl groups is 1. The molecule has 0 aliphatic rings. The number of aliphatic hydroxyl groups excluding tert-OH is 1. The Hall–Kier alpha value is -0.870. The summed E-state index contributed by atoms with van der Waals surface area (Å²) in [6.45, 7) is 7.80. The Labute approximate surface area is 97.7 Å². The van der Waals surface area contributed by atoms with Gasteiger partial charge in [0.05, 0.1) is 12.3 Å². The number of aryl methyl sites for hydroxylation is 1. The number of rotatable bonds is 6. The molecule has 1 aromatic rings. The summed E-state index contributed by atoms with van der Waals surface area (Å²) < 4.78 is 1.87. The van der Waals surface area contributed by atoms with E-state index in [0.29, 0.717) is 5.92 Å². The summed E-state index contributed by atoms with van der Waals surface area (Å²) in [4.78, 5) is 0. The van der Waals surface area contributed by atoms with Gasteiger partial charge in [0.15, 0.2) is 0 Å². The molecule has 0 radical (unpaired) electrons. The van der Waals surface area contributed by atoms with E-state index in [0.717, 1.165) is 19.5 Å². The highest BCUT2D eigenvalue weighted by molar-refractivity contribution is 5.15. The molecule has 0 aliphatic heterocycles. The molecule has 16 heavy (non-hydrogen) atoms. The minimum absolute atomic E-state index is 0.206. The molecule has 0 aromatic carbocycles. The molecule has 1 rings (SSSR count). The van der Waals surface area contributed by atoms with Crippen molar-refractivity contribution in [1.29, 1.82) is 0 Å². The Morgan fingerprint density at radius 1 is 1.50 bits per heavy atom. The van der Waals surface area contributed by atoms with Crippen LogP contribution in [0.5, 0.6) is 0 Å². The zero-order valence-electron chi connectivity index (χ0n) is 10.7. The average Bonchev–Trinajstić information content (AvgIpc) is 2.55. The van der Waals surface area contributed by atoms with Crippen molar-refractivity contribution in [3.63, 3.8) is 0 Å². The molecule has 1 heterocycles. The highest BCUT2D eigenvalue weighted by Gasteiger charge is 2.08. The van der Waals surface area contributed by atoms with E-state index >= 15 is 0 Å². The Bertz CT molecular complexity index is 320. The second kappa shape index (κ2) is 6.01. The molecule has 0 saturated carbocycles. The molecule has 0 spiro atoms. The molecule has 1 aromatic heterocycles. The summed E-state index contributed by atoms with van der Waals surface area (Å²) >= 11 is 0. The van der Waals surface area contributed by atoms with Crippen LogP contribution in [0.15, 0.2) is 6.20 Å². The van der Waals surface area contributed by atoms with Crippen molar-refractivity contribution in [3.05, 3.63) is 17.5 Å². The molecule has 0 bridgehead atoms. The monoisotopic (exact) mass is 225 g/mol. The van der Waals surface area contributed by atoms with Crippen LogP contribution in [-0.4, -0.2) is 27.5 Å². The summed E-state index contributed by atoms with van der Waals surface area (Å²) in [6, 6.07) is 0. The largest absolute Gasteiger partial charge is 0.393 e. The lowest BCUT2D eigenvalue weighted by Gasteiger charge is -2.14. The van der Waals surface area contributed by atoms with Crippen LogP contribution < -0.4 is 5.32 Å². The van der Waals surface area contributed by atoms with Gasteiger partial charge >= 0.3 is 0 Å². The minimum atomic E-state index is -0.206. The number of nitrogens with zero attached hydrogens (tertiary/aromatic N) is 2. The summed E-state index contributed by atoms with van der Waals surface area (Å²) in [5, 5.41) is 17.1. The fourth-order valence-electron chi connectivity index (χ4n) is 1.52. The maximum absolute atomic E-state index is 9.63. The quantitative estimate of drug-likeness (QED) is 0.716. The van der Waals surface area contributed by atoms with Crippen LogP contribution in [0, 0.1) is 12.8 Å². The lowest BCUT2D eigenvalue weighted by Crippen LogP contribution is -2.23. The van der Waals surface area contributed by atoms with E-state index in [1.807, 2.05) is 31.8 Å². The fraction of sp³-hybridized carbons (Fsp3) is 0.750. The van der Waals surface area contributed by atoms with E-state index < -0.39 is 0 Å². The zero-order valence-corrected chi connectivity index (χ0v) is 10.7. The second-order valence-electron chi connectivity index (χ2n) is 4.66. The van der Waals surface area contributed by atoms with Gasteiger partial charge in [-0.1, -0.05) is 13.8 Å². The molecule has 0 saturated heterocycles. The van der Waals surface area contributed by atoms with Gasteiger partial charge in [-0.25, -0.2) is 0 Å². The smallest absolute Gasteiger partial charge is 0.0575 e. The molecular formula is C12H23N3O. The van der Waals surface area contributed by atoms with E-state index in [1.165, 1.54) is 11.3 Å². The van der Waals surface area contributed by atoms with Crippen LogP contribution >= 0.6 is 0 Å². The number of hydrogen-bond acceptors (Lipinski definition) is 3. The van der Waals surface area contributed by atoms with Crippen molar-refractivity contribution >= 4 is 0 Å². The summed E-state index contributed by atoms with van der Waals surface area (Å²) in [5.41, 5.74) is 2.42. The Kier molecular flexibility index (Phi) is 4.96. The van der Waals surface area contributed by atoms with Crippen LogP contribution in [0.1, 0.15) is 31.5 Å². The predicted octanol–water partition coefficient (Wildman–Crippen LogP) is 1.23. The topological polar surface area (TPSA) is 50.1 Å². The van der Waals surface area contributed by atoms with Crippen LogP contribution in [-0.2, 0) is 13.6 Å². The lowest BCUT2D eigenvalue weighted by molar-refractivity contribution is 0.116. The van der Waals surface area contributed by atoms with Crippen LogP contribution in [0.4, 0.5) is 0 Å². The van der Waals surface area contributed by atoms with Crippen molar-refractivity contribution < 1.29 is 5.11 Å². The summed E-state index contributed by atoms with van der Waals surface area (Å²) in [5.74, 6) is 0.335. The third kappa shape index (κ3) is 3.61. The first-order valence-corrected chi connectivity index (χ1v) is 5.88. The molecule has 2 N–H and O–H groups in total. The molecule has 1 unspecified atom stereocenters. The van der Waals surface area contributed by atoms with E-state index in [-0.39, 0.29) is 6.10 Å². The second-order valence-corrected chi connectivity index (χ2v) is 4.66. The van der Waals surface area contributed by atoms with Gasteiger partial charge in [0.2, 0.25) is 0 Å². The minimum Gasteiger partial charge on any atom is -0.393 e. The van der Waals surface area contributed by atoms with E-state index in [1.54, 1.807) is 0 Å². The van der Waals surface area contributed by atoms with Gasteiger partial charge in [-0.15, -0.1) is 0 Å². The highest BCUT2D eigenvalue weighted by Crippen LogP contribution is 2.06. The Balaban J connectivity index is 2.24. The SMILES string of the molecule is Cc1c(CNCCC(O)C(C)C)cnn1C. The standard InChI is InChI=1S/C12H23N3O/c1-9(2)12(16)5-6-13-7-11-8-14-15(4)10(11)3/h8-9,12-13,16H,5-7H2,1-4H3. The molecule has 0 fully saturated rings. The summed E-state index contributed by atoms with van der Waals surface area (Å²) in [7, 11) is 1.95. The van der Waals surface area contributed by atoms with Crippen molar-refractivity contribution in [2.45, 2.75) is 39.8 Å². The highest BCUT2D eigenvalue weighted by atomic mass is 16.3. The van der Waals surface area contributed by atoms with Gasteiger partial charge in [0.25, 0.3) is 0 Å². The number of hydrogen-bond donors (Lipinski definition) is 2. The van der Waals surface area contributed by atoms with Crippen LogP contribution in [0.2, 0.25) is 0 Å². The molecule has 1 atom stereocenters. The van der Waals surface area contributed by atoms with Gasteiger partial charge in [-0.3, -0.25) is 4.68 Å². The predicted molar refractivity (Wildman–Crippen MR) is 65.1 cm³/mol. The molecule has 0 aliphatic carbocycles. The van der Waals surface area contributed by atoms with Gasteiger partial charge < -0.3 is 10.4 Å². The molecule has 0 amide bonds. The van der Waals surface area contributed by atoms with Gasteiger partial charge in [0.1, 0.15) is 0 Å². The molecular weight excluding hydrogens is 202 g/mol. The van der Waals surface area contributed by atoms with Crippen molar-refractivity contribution in [2.24, 2.45) is 13.0 Å². The third-order valence-electron chi connectivity index (χ3n) is 3.04. The molecule has 4 heteroatoms. The van der Waals surface area contributed by atoms with E-state index in [2.05, 4.69) is 17.3 Å². The number of nitrogens with one attached hydrogen (secondary N) is 1. The van der Waals surface area contributed by atoms with Crippen LogP contribution in [0.25, 0.3) is 0 Å². The third-order valence-corrected chi connectivity index (χ3v) is 3.04. The Morgan fingerprint density at radius 2 is 2.19 bits per heavy atom. The van der Waals surface area contributed by atoms with E-state index in [9.17, 15) is 5.11 Å². The Morgan fingerprint density at radius 3 is 2.69 bits per heavy atom. The first kappa shape index (κ1) is 13.2. The van der Waals surface area contributed by atoms with Gasteiger partial charge in [0, 0.05) is 24.8 Å². The van der Waals surface area contributed by atoms with Crippen molar-refractivity contribution in [3.8, 4) is 0 Å². The normalized spacial score (nSPS) is 13.4.